The van der Waals surface area contributed by atoms with E-state index in [1.807, 2.05) is 35.6 Å². The Balaban J connectivity index is 1.63. The van der Waals surface area contributed by atoms with E-state index in [0.29, 0.717) is 5.02 Å². The molecule has 0 fully saturated rings. The van der Waals surface area contributed by atoms with Crippen LogP contribution in [0.3, 0.4) is 0 Å². The maximum atomic E-state index is 13.3. The number of hydrogen-bond acceptors (Lipinski definition) is 3. The minimum atomic E-state index is -0.362. The van der Waals surface area contributed by atoms with Gasteiger partial charge in [-0.25, -0.2) is 0 Å². The summed E-state index contributed by atoms with van der Waals surface area (Å²) in [4.78, 5) is 17.0. The number of nitrogens with one attached hydrogen (secondary N) is 1. The second-order valence-corrected chi connectivity index (χ2v) is 8.39. The standard InChI is InChI=1S/C21H23ClN2OS/c22-18-9-5-4-8-17(18)20(21(25)23-16-6-2-1-3-7-16)24-12-10-19-15(14-24)11-13-26-19/h4-6,8-9,11,13,20H,1-3,7,10,12,14H2,(H,23,25). The van der Waals surface area contributed by atoms with Gasteiger partial charge in [-0.05, 0) is 60.7 Å². The quantitative estimate of drug-likeness (QED) is 0.795. The molecule has 0 bridgehead atoms. The molecular weight excluding hydrogens is 364 g/mol. The molecule has 1 aromatic carbocycles. The molecule has 1 amide bonds. The summed E-state index contributed by atoms with van der Waals surface area (Å²) in [5.74, 6) is 0.0323. The van der Waals surface area contributed by atoms with Crippen molar-refractivity contribution >= 4 is 28.8 Å². The average molecular weight is 387 g/mol. The number of fused-ring (bicyclic) bond motifs is 1. The van der Waals surface area contributed by atoms with Crippen molar-refractivity contribution in [1.82, 2.24) is 10.2 Å². The second-order valence-electron chi connectivity index (χ2n) is 6.98. The number of rotatable bonds is 4. The largest absolute Gasteiger partial charge is 0.328 e. The number of thiophene rings is 1. The molecule has 2 heterocycles. The molecule has 2 aliphatic rings. The van der Waals surface area contributed by atoms with E-state index in [1.165, 1.54) is 16.9 Å². The van der Waals surface area contributed by atoms with E-state index in [9.17, 15) is 4.79 Å². The molecule has 1 aliphatic heterocycles. The lowest BCUT2D eigenvalue weighted by atomic mass is 9.99. The summed E-state index contributed by atoms with van der Waals surface area (Å²) >= 11 is 8.30. The lowest BCUT2D eigenvalue weighted by Crippen LogP contribution is -2.42. The third kappa shape index (κ3) is 3.73. The summed E-state index contributed by atoms with van der Waals surface area (Å²) in [7, 11) is 0. The molecule has 1 aromatic heterocycles. The van der Waals surface area contributed by atoms with E-state index >= 15 is 0 Å². The molecule has 5 heteroatoms. The molecule has 0 saturated carbocycles. The van der Waals surface area contributed by atoms with Crippen LogP contribution in [0.4, 0.5) is 0 Å². The van der Waals surface area contributed by atoms with Gasteiger partial charge in [-0.1, -0.05) is 35.9 Å². The number of hydrogen-bond donors (Lipinski definition) is 1. The summed E-state index contributed by atoms with van der Waals surface area (Å²) in [6, 6.07) is 9.54. The molecule has 0 radical (unpaired) electrons. The zero-order chi connectivity index (χ0) is 17.9. The highest BCUT2D eigenvalue weighted by Crippen LogP contribution is 2.33. The Morgan fingerprint density at radius 2 is 2.08 bits per heavy atom. The molecule has 1 aliphatic carbocycles. The maximum Gasteiger partial charge on any atom is 0.246 e. The number of carbonyl (C=O) groups is 1. The average Bonchev–Trinajstić information content (AvgIpc) is 3.12. The highest BCUT2D eigenvalue weighted by Gasteiger charge is 2.32. The van der Waals surface area contributed by atoms with Gasteiger partial charge in [-0.15, -0.1) is 11.3 Å². The molecule has 0 spiro atoms. The van der Waals surface area contributed by atoms with Gasteiger partial charge in [0.05, 0.1) is 0 Å². The predicted octanol–water partition coefficient (Wildman–Crippen LogP) is 5.08. The summed E-state index contributed by atoms with van der Waals surface area (Å²) in [6.45, 7) is 1.66. The summed E-state index contributed by atoms with van der Waals surface area (Å²) in [6.07, 6.45) is 7.51. The smallest absolute Gasteiger partial charge is 0.246 e. The Hall–Kier alpha value is -1.62. The topological polar surface area (TPSA) is 32.3 Å². The van der Waals surface area contributed by atoms with Crippen LogP contribution in [0.25, 0.3) is 0 Å². The molecular formula is C21H23ClN2OS. The molecule has 136 valence electrons. The molecule has 1 N–H and O–H groups in total. The van der Waals surface area contributed by atoms with Crippen molar-refractivity contribution in [1.29, 1.82) is 0 Å². The third-order valence-corrected chi connectivity index (χ3v) is 6.59. The van der Waals surface area contributed by atoms with Crippen LogP contribution in [0, 0.1) is 0 Å². The number of carbonyl (C=O) groups excluding carboxylic acids is 1. The fourth-order valence-electron chi connectivity index (χ4n) is 3.87. The first-order valence-corrected chi connectivity index (χ1v) is 10.5. The van der Waals surface area contributed by atoms with E-state index in [0.717, 1.165) is 50.0 Å². The summed E-state index contributed by atoms with van der Waals surface area (Å²) in [5.41, 5.74) is 3.29. The van der Waals surface area contributed by atoms with E-state index in [2.05, 4.69) is 27.7 Å². The van der Waals surface area contributed by atoms with E-state index in [-0.39, 0.29) is 11.9 Å². The Kier molecular flexibility index (Phi) is 5.44. The highest BCUT2D eigenvalue weighted by atomic mass is 35.5. The maximum absolute atomic E-state index is 13.3. The molecule has 2 aromatic rings. The lowest BCUT2D eigenvalue weighted by molar-refractivity contribution is -0.126. The fraction of sp³-hybridized carbons (Fsp3) is 0.381. The van der Waals surface area contributed by atoms with Crippen molar-refractivity contribution in [2.24, 2.45) is 0 Å². The normalized spacial score (nSPS) is 18.7. The van der Waals surface area contributed by atoms with Crippen molar-refractivity contribution in [2.75, 3.05) is 6.54 Å². The zero-order valence-electron chi connectivity index (χ0n) is 14.7. The van der Waals surface area contributed by atoms with E-state index in [4.69, 9.17) is 11.6 Å². The summed E-state index contributed by atoms with van der Waals surface area (Å²) in [5, 5.41) is 5.98. The molecule has 1 unspecified atom stereocenters. The minimum Gasteiger partial charge on any atom is -0.328 e. The number of nitrogens with zero attached hydrogens (tertiary/aromatic N) is 1. The monoisotopic (exact) mass is 386 g/mol. The first kappa shape index (κ1) is 17.8. The van der Waals surface area contributed by atoms with Gasteiger partial charge in [0, 0.05) is 28.7 Å². The fourth-order valence-corrected chi connectivity index (χ4v) is 5.00. The van der Waals surface area contributed by atoms with Crippen LogP contribution >= 0.6 is 22.9 Å². The minimum absolute atomic E-state index is 0.0323. The molecule has 4 rings (SSSR count). The Morgan fingerprint density at radius 1 is 1.19 bits per heavy atom. The number of benzene rings is 1. The van der Waals surface area contributed by atoms with Crippen LogP contribution in [-0.2, 0) is 17.8 Å². The molecule has 0 saturated heterocycles. The van der Waals surface area contributed by atoms with Crippen LogP contribution in [0.15, 0.2) is 47.5 Å². The summed E-state index contributed by atoms with van der Waals surface area (Å²) < 4.78 is 0. The van der Waals surface area contributed by atoms with Gasteiger partial charge in [-0.3, -0.25) is 9.69 Å². The van der Waals surface area contributed by atoms with Gasteiger partial charge in [0.25, 0.3) is 0 Å². The van der Waals surface area contributed by atoms with Crippen molar-refractivity contribution in [3.63, 3.8) is 0 Å². The van der Waals surface area contributed by atoms with Gasteiger partial charge >= 0.3 is 0 Å². The number of allylic oxidation sites excluding steroid dienone is 2. The van der Waals surface area contributed by atoms with Crippen LogP contribution in [0.5, 0.6) is 0 Å². The van der Waals surface area contributed by atoms with Crippen LogP contribution < -0.4 is 5.32 Å². The SMILES string of the molecule is O=C(NC1=CCCCC1)C(c1ccccc1Cl)N1CCc2sccc2C1. The predicted molar refractivity (Wildman–Crippen MR) is 107 cm³/mol. The van der Waals surface area contributed by atoms with Gasteiger partial charge in [0.1, 0.15) is 6.04 Å². The molecule has 3 nitrogen and oxygen atoms in total. The first-order chi connectivity index (χ1) is 12.7. The Labute approximate surface area is 163 Å². The zero-order valence-corrected chi connectivity index (χ0v) is 16.3. The van der Waals surface area contributed by atoms with Crippen LogP contribution in [0.2, 0.25) is 5.02 Å². The van der Waals surface area contributed by atoms with E-state index in [1.54, 1.807) is 0 Å². The Bertz CT molecular complexity index is 829. The number of amides is 1. The third-order valence-electron chi connectivity index (χ3n) is 5.23. The van der Waals surface area contributed by atoms with Crippen LogP contribution in [0.1, 0.15) is 47.7 Å². The lowest BCUT2D eigenvalue weighted by Gasteiger charge is -2.34. The molecule has 26 heavy (non-hydrogen) atoms. The van der Waals surface area contributed by atoms with Gasteiger partial charge in [0.2, 0.25) is 5.91 Å². The highest BCUT2D eigenvalue weighted by molar-refractivity contribution is 7.10. The Morgan fingerprint density at radius 3 is 2.88 bits per heavy atom. The van der Waals surface area contributed by atoms with Gasteiger partial charge in [0.15, 0.2) is 0 Å². The van der Waals surface area contributed by atoms with Crippen molar-refractivity contribution in [3.8, 4) is 0 Å². The van der Waals surface area contributed by atoms with Crippen molar-refractivity contribution in [2.45, 2.75) is 44.7 Å². The van der Waals surface area contributed by atoms with Crippen molar-refractivity contribution < 1.29 is 4.79 Å². The van der Waals surface area contributed by atoms with E-state index < -0.39 is 0 Å². The van der Waals surface area contributed by atoms with Gasteiger partial charge in [-0.2, -0.15) is 0 Å². The van der Waals surface area contributed by atoms with Gasteiger partial charge < -0.3 is 5.32 Å². The number of halogens is 1. The van der Waals surface area contributed by atoms with Crippen LogP contribution in [-0.4, -0.2) is 17.4 Å². The van der Waals surface area contributed by atoms with Crippen molar-refractivity contribution in [3.05, 3.63) is 68.5 Å². The second kappa shape index (κ2) is 7.95. The molecule has 1 atom stereocenters. The first-order valence-electron chi connectivity index (χ1n) is 9.26.